The molecule has 1 aromatic heterocycles. The summed E-state index contributed by atoms with van der Waals surface area (Å²) >= 11 is 1.16. The fourth-order valence-corrected chi connectivity index (χ4v) is 7.75. The molecule has 12 heteroatoms. The second-order valence-corrected chi connectivity index (χ2v) is 15.2. The van der Waals surface area contributed by atoms with Gasteiger partial charge in [-0.3, -0.25) is 9.59 Å². The number of likely N-dealkylation sites (N-methyl/N-ethyl adjacent to an activating group) is 1. The molecule has 4 rings (SSSR count). The van der Waals surface area contributed by atoms with Gasteiger partial charge in [-0.05, 0) is 68.3 Å². The Morgan fingerprint density at radius 2 is 1.89 bits per heavy atom. The molecule has 2 heterocycles. The largest absolute Gasteiger partial charge is 0.490 e. The van der Waals surface area contributed by atoms with E-state index in [1.54, 1.807) is 54.6 Å². The van der Waals surface area contributed by atoms with E-state index in [2.05, 4.69) is 5.32 Å². The van der Waals surface area contributed by atoms with Gasteiger partial charge in [0.1, 0.15) is 9.96 Å². The van der Waals surface area contributed by atoms with E-state index in [1.807, 2.05) is 44.2 Å². The van der Waals surface area contributed by atoms with Crippen LogP contribution in [0.5, 0.6) is 5.75 Å². The summed E-state index contributed by atoms with van der Waals surface area (Å²) < 4.78 is 40.6. The third kappa shape index (κ3) is 9.38. The first kappa shape index (κ1) is 35.6. The normalized spacial score (nSPS) is 20.8. The molecular formula is C34H45N3O7S2. The Morgan fingerprint density at radius 3 is 2.59 bits per heavy atom. The highest BCUT2D eigenvalue weighted by molar-refractivity contribution is 7.91. The van der Waals surface area contributed by atoms with Crippen LogP contribution in [0.3, 0.4) is 0 Å². The number of hydrogen-bond donors (Lipinski definition) is 2. The minimum absolute atomic E-state index is 0.102. The Hall–Kier alpha value is -3.29. The fourth-order valence-electron chi connectivity index (χ4n) is 5.36. The van der Waals surface area contributed by atoms with Crippen LogP contribution in [0.15, 0.2) is 70.3 Å². The SMILES string of the molecule is C[C@@H]1CN([C@H](C)CO)C(=O)c2cc(NC(=O)Cc3ccccc3)ccc2O[C@@H](C)CCCCO[C@@H]1CN(C)S(=O)(=O)c1cccs1. The van der Waals surface area contributed by atoms with Crippen LogP contribution >= 0.6 is 11.3 Å². The van der Waals surface area contributed by atoms with Crippen molar-refractivity contribution in [2.75, 3.05) is 38.7 Å². The average molecular weight is 672 g/mol. The lowest BCUT2D eigenvalue weighted by molar-refractivity contribution is -0.115. The molecule has 4 atom stereocenters. The lowest BCUT2D eigenvalue weighted by atomic mass is 10.0. The number of benzene rings is 2. The van der Waals surface area contributed by atoms with Gasteiger partial charge in [0.25, 0.3) is 15.9 Å². The van der Waals surface area contributed by atoms with Gasteiger partial charge in [0.15, 0.2) is 0 Å². The van der Waals surface area contributed by atoms with E-state index >= 15 is 0 Å². The third-order valence-electron chi connectivity index (χ3n) is 8.14. The molecule has 2 N–H and O–H groups in total. The van der Waals surface area contributed by atoms with Gasteiger partial charge in [0, 0.05) is 38.3 Å². The van der Waals surface area contributed by atoms with E-state index < -0.39 is 22.2 Å². The number of nitrogens with zero attached hydrogens (tertiary/aromatic N) is 2. The first-order valence-corrected chi connectivity index (χ1v) is 18.0. The molecule has 1 aliphatic rings. The summed E-state index contributed by atoms with van der Waals surface area (Å²) in [6.07, 6.45) is 1.76. The number of fused-ring (bicyclic) bond motifs is 1. The Balaban J connectivity index is 1.62. The molecule has 2 aromatic carbocycles. The van der Waals surface area contributed by atoms with Gasteiger partial charge in [-0.25, -0.2) is 8.42 Å². The predicted molar refractivity (Wildman–Crippen MR) is 180 cm³/mol. The van der Waals surface area contributed by atoms with Crippen molar-refractivity contribution in [2.24, 2.45) is 5.92 Å². The first-order chi connectivity index (χ1) is 22.0. The summed E-state index contributed by atoms with van der Waals surface area (Å²) in [5.74, 6) is -0.485. The van der Waals surface area contributed by atoms with Crippen molar-refractivity contribution in [2.45, 2.75) is 68.9 Å². The van der Waals surface area contributed by atoms with Crippen LogP contribution in [0.25, 0.3) is 0 Å². The molecule has 0 saturated carbocycles. The summed E-state index contributed by atoms with van der Waals surface area (Å²) in [7, 11) is -2.17. The van der Waals surface area contributed by atoms with Crippen molar-refractivity contribution < 1.29 is 32.6 Å². The van der Waals surface area contributed by atoms with Crippen molar-refractivity contribution in [3.05, 3.63) is 77.2 Å². The standard InChI is InChI=1S/C34H45N3O7S2/c1-24-21-37(25(2)23-38)34(40)29-20-28(35-32(39)19-27-12-6-5-7-13-27)15-16-30(29)44-26(3)11-8-9-17-43-31(24)22-36(4)46(41,42)33-14-10-18-45-33/h5-7,10,12-16,18,20,24-26,31,38H,8-9,11,17,19,21-23H2,1-4H3,(H,35,39)/t24-,25-,26+,31-/m1/s1. The highest BCUT2D eigenvalue weighted by Crippen LogP contribution is 2.29. The molecule has 0 fully saturated rings. The number of aliphatic hydroxyl groups excluding tert-OH is 1. The van der Waals surface area contributed by atoms with Gasteiger partial charge in [-0.1, -0.05) is 43.3 Å². The quantitative estimate of drug-likeness (QED) is 0.326. The highest BCUT2D eigenvalue weighted by atomic mass is 32.2. The molecule has 0 bridgehead atoms. The number of thiophene rings is 1. The highest BCUT2D eigenvalue weighted by Gasteiger charge is 2.32. The lowest BCUT2D eigenvalue weighted by Gasteiger charge is -2.35. The van der Waals surface area contributed by atoms with Crippen LogP contribution < -0.4 is 10.1 Å². The Kier molecular flexibility index (Phi) is 12.8. The summed E-state index contributed by atoms with van der Waals surface area (Å²) in [6, 6.07) is 17.2. The lowest BCUT2D eigenvalue weighted by Crippen LogP contribution is -2.48. The molecule has 0 unspecified atom stereocenters. The van der Waals surface area contributed by atoms with E-state index in [1.165, 1.54) is 4.31 Å². The first-order valence-electron chi connectivity index (χ1n) is 15.7. The second kappa shape index (κ2) is 16.5. The zero-order valence-corrected chi connectivity index (χ0v) is 28.6. The van der Waals surface area contributed by atoms with Crippen molar-refractivity contribution in [1.29, 1.82) is 0 Å². The van der Waals surface area contributed by atoms with E-state index in [4.69, 9.17) is 9.47 Å². The Morgan fingerprint density at radius 1 is 1.13 bits per heavy atom. The number of nitrogens with one attached hydrogen (secondary N) is 1. The molecule has 2 amide bonds. The smallest absolute Gasteiger partial charge is 0.258 e. The number of hydrogen-bond acceptors (Lipinski definition) is 8. The Labute approximate surface area is 276 Å². The van der Waals surface area contributed by atoms with Crippen molar-refractivity contribution in [1.82, 2.24) is 9.21 Å². The number of carbonyl (C=O) groups excluding carboxylic acids is 2. The van der Waals surface area contributed by atoms with Gasteiger partial charge >= 0.3 is 0 Å². The summed E-state index contributed by atoms with van der Waals surface area (Å²) in [6.45, 7) is 6.07. The summed E-state index contributed by atoms with van der Waals surface area (Å²) in [4.78, 5) is 28.7. The molecule has 10 nitrogen and oxygen atoms in total. The number of rotatable bonds is 9. The third-order valence-corrected chi connectivity index (χ3v) is 11.3. The number of amides is 2. The Bertz CT molecular complexity index is 1530. The number of ether oxygens (including phenoxy) is 2. The molecule has 0 radical (unpaired) electrons. The molecule has 0 spiro atoms. The van der Waals surface area contributed by atoms with Crippen molar-refractivity contribution >= 4 is 38.9 Å². The van der Waals surface area contributed by atoms with E-state index in [0.717, 1.165) is 36.2 Å². The number of aliphatic hydroxyl groups is 1. The van der Waals surface area contributed by atoms with Crippen LogP contribution in [0.1, 0.15) is 56.0 Å². The number of anilines is 1. The molecular weight excluding hydrogens is 627 g/mol. The second-order valence-electron chi connectivity index (χ2n) is 11.9. The van der Waals surface area contributed by atoms with Gasteiger partial charge < -0.3 is 24.8 Å². The van der Waals surface area contributed by atoms with Crippen molar-refractivity contribution in [3.8, 4) is 5.75 Å². The minimum atomic E-state index is -3.71. The maximum Gasteiger partial charge on any atom is 0.258 e. The molecule has 1 aliphatic heterocycles. The zero-order chi connectivity index (χ0) is 33.3. The maximum absolute atomic E-state index is 14.3. The summed E-state index contributed by atoms with van der Waals surface area (Å²) in [5, 5.41) is 14.8. The average Bonchev–Trinajstić information content (AvgIpc) is 3.59. The molecule has 3 aromatic rings. The van der Waals surface area contributed by atoms with Gasteiger partial charge in [0.2, 0.25) is 5.91 Å². The van der Waals surface area contributed by atoms with Crippen LogP contribution in [-0.2, 0) is 26.0 Å². The molecule has 46 heavy (non-hydrogen) atoms. The number of carbonyl (C=O) groups is 2. The zero-order valence-electron chi connectivity index (χ0n) is 26.9. The molecule has 0 aliphatic carbocycles. The van der Waals surface area contributed by atoms with Crippen LogP contribution in [0.2, 0.25) is 0 Å². The van der Waals surface area contributed by atoms with Crippen LogP contribution in [-0.4, -0.2) is 86.1 Å². The molecule has 250 valence electrons. The fraction of sp³-hybridized carbons (Fsp3) is 0.471. The number of sulfonamides is 1. The van der Waals surface area contributed by atoms with E-state index in [-0.39, 0.29) is 59.7 Å². The van der Waals surface area contributed by atoms with E-state index in [0.29, 0.717) is 18.0 Å². The van der Waals surface area contributed by atoms with Crippen LogP contribution in [0.4, 0.5) is 5.69 Å². The van der Waals surface area contributed by atoms with Gasteiger partial charge in [-0.2, -0.15) is 4.31 Å². The topological polar surface area (TPSA) is 125 Å². The maximum atomic E-state index is 14.3. The van der Waals surface area contributed by atoms with E-state index in [9.17, 15) is 23.1 Å². The monoisotopic (exact) mass is 671 g/mol. The predicted octanol–water partition coefficient (Wildman–Crippen LogP) is 5.05. The van der Waals surface area contributed by atoms with Gasteiger partial charge in [-0.15, -0.1) is 11.3 Å². The molecule has 0 saturated heterocycles. The summed E-state index contributed by atoms with van der Waals surface area (Å²) in [5.41, 5.74) is 1.59. The minimum Gasteiger partial charge on any atom is -0.490 e. The van der Waals surface area contributed by atoms with Crippen molar-refractivity contribution in [3.63, 3.8) is 0 Å². The van der Waals surface area contributed by atoms with Gasteiger partial charge in [0.05, 0.1) is 36.8 Å². The van der Waals surface area contributed by atoms with Crippen LogP contribution in [0, 0.1) is 5.92 Å².